The highest BCUT2D eigenvalue weighted by Crippen LogP contribution is 2.34. The molecule has 0 spiro atoms. The summed E-state index contributed by atoms with van der Waals surface area (Å²) in [5.74, 6) is 0.821. The Balaban J connectivity index is 1.66. The number of hydrogen-bond donors (Lipinski definition) is 0. The number of carbonyl (C=O) groups excluding carboxylic acids is 1. The minimum Gasteiger partial charge on any atom is -0.493 e. The molecule has 0 saturated carbocycles. The molecule has 5 nitrogen and oxygen atoms in total. The van der Waals surface area contributed by atoms with Gasteiger partial charge in [-0.25, -0.2) is 9.79 Å². The summed E-state index contributed by atoms with van der Waals surface area (Å²) in [5.41, 5.74) is 2.56. The Morgan fingerprint density at radius 1 is 1.00 bits per heavy atom. The van der Waals surface area contributed by atoms with Crippen molar-refractivity contribution in [3.63, 3.8) is 0 Å². The molecule has 156 valence electrons. The van der Waals surface area contributed by atoms with Crippen LogP contribution in [0.15, 0.2) is 86.4 Å². The van der Waals surface area contributed by atoms with Crippen molar-refractivity contribution in [2.24, 2.45) is 4.99 Å². The monoisotopic (exact) mass is 541 g/mol. The summed E-state index contributed by atoms with van der Waals surface area (Å²) in [5, 5.41) is 0. The minimum atomic E-state index is -0.521. The van der Waals surface area contributed by atoms with Gasteiger partial charge in [-0.1, -0.05) is 52.3 Å². The van der Waals surface area contributed by atoms with Crippen molar-refractivity contribution in [1.82, 2.24) is 0 Å². The van der Waals surface area contributed by atoms with Gasteiger partial charge in [0, 0.05) is 14.5 Å². The van der Waals surface area contributed by atoms with E-state index in [0.29, 0.717) is 29.2 Å². The van der Waals surface area contributed by atoms with E-state index in [0.717, 1.165) is 14.5 Å². The largest absolute Gasteiger partial charge is 0.493 e. The highest BCUT2D eigenvalue weighted by molar-refractivity contribution is 9.10. The molecule has 0 aliphatic carbocycles. The first-order chi connectivity index (χ1) is 15.0. The summed E-state index contributed by atoms with van der Waals surface area (Å²) in [6, 6.07) is 20.8. The number of methoxy groups -OCH3 is 1. The molecule has 1 heterocycles. The molecule has 0 amide bonds. The quantitative estimate of drug-likeness (QED) is 0.277. The summed E-state index contributed by atoms with van der Waals surface area (Å²) in [7, 11) is 1.58. The van der Waals surface area contributed by atoms with Crippen LogP contribution in [-0.2, 0) is 16.1 Å². The Morgan fingerprint density at radius 3 is 2.52 bits per heavy atom. The van der Waals surface area contributed by atoms with Crippen molar-refractivity contribution in [3.8, 4) is 11.5 Å². The second-order valence-corrected chi connectivity index (χ2v) is 8.38. The van der Waals surface area contributed by atoms with Crippen LogP contribution in [0.5, 0.6) is 11.5 Å². The van der Waals surface area contributed by atoms with E-state index in [1.54, 1.807) is 13.2 Å². The van der Waals surface area contributed by atoms with Crippen molar-refractivity contribution < 1.29 is 19.0 Å². The standard InChI is InChI=1S/C24H17Br2NO4/c1-29-21-8-4-5-16(22(21)30-14-15-9-11-17(25)12-10-15)13-20-24(28)31-23(27-20)18-6-2-3-7-19(18)26/h2-13H,14H2,1H3/b20-13-. The number of esters is 1. The van der Waals surface area contributed by atoms with E-state index >= 15 is 0 Å². The fourth-order valence-electron chi connectivity index (χ4n) is 3.00. The first-order valence-electron chi connectivity index (χ1n) is 9.37. The van der Waals surface area contributed by atoms with Gasteiger partial charge in [-0.3, -0.25) is 0 Å². The van der Waals surface area contributed by atoms with Crippen molar-refractivity contribution in [3.05, 3.63) is 98.1 Å². The van der Waals surface area contributed by atoms with Gasteiger partial charge in [-0.05, 0) is 57.9 Å². The Kier molecular flexibility index (Phi) is 6.53. The molecule has 1 aliphatic rings. The number of carbonyl (C=O) groups is 1. The lowest BCUT2D eigenvalue weighted by molar-refractivity contribution is -0.129. The van der Waals surface area contributed by atoms with Crippen molar-refractivity contribution in [2.45, 2.75) is 6.61 Å². The molecular formula is C24H17Br2NO4. The van der Waals surface area contributed by atoms with Crippen LogP contribution in [0.1, 0.15) is 16.7 Å². The zero-order chi connectivity index (χ0) is 21.8. The molecule has 3 aromatic rings. The molecule has 0 bridgehead atoms. The third-order valence-corrected chi connectivity index (χ3v) is 5.76. The molecule has 7 heteroatoms. The average Bonchev–Trinajstić information content (AvgIpc) is 3.14. The molecule has 3 aromatic carbocycles. The van der Waals surface area contributed by atoms with Gasteiger partial charge in [-0.15, -0.1) is 0 Å². The van der Waals surface area contributed by atoms with Crippen LogP contribution in [0.25, 0.3) is 6.08 Å². The van der Waals surface area contributed by atoms with E-state index in [9.17, 15) is 4.79 Å². The van der Waals surface area contributed by atoms with Gasteiger partial charge in [0.05, 0.1) is 12.7 Å². The first kappa shape index (κ1) is 21.3. The van der Waals surface area contributed by atoms with Gasteiger partial charge in [-0.2, -0.15) is 0 Å². The molecule has 4 rings (SSSR count). The summed E-state index contributed by atoms with van der Waals surface area (Å²) < 4.78 is 18.7. The number of aliphatic imine (C=N–C) groups is 1. The van der Waals surface area contributed by atoms with Crippen LogP contribution in [0.3, 0.4) is 0 Å². The van der Waals surface area contributed by atoms with E-state index in [-0.39, 0.29) is 11.6 Å². The van der Waals surface area contributed by atoms with E-state index in [1.165, 1.54) is 0 Å². The normalized spacial score (nSPS) is 14.4. The topological polar surface area (TPSA) is 57.1 Å². The van der Waals surface area contributed by atoms with Gasteiger partial charge in [0.1, 0.15) is 6.61 Å². The summed E-state index contributed by atoms with van der Waals surface area (Å²) in [4.78, 5) is 16.8. The number of halogens is 2. The predicted octanol–water partition coefficient (Wildman–Crippen LogP) is 6.14. The van der Waals surface area contributed by atoms with Crippen LogP contribution in [0.2, 0.25) is 0 Å². The van der Waals surface area contributed by atoms with Gasteiger partial charge >= 0.3 is 5.97 Å². The SMILES string of the molecule is COc1cccc(/C=C2\N=C(c3ccccc3Br)OC2=O)c1OCc1ccc(Br)cc1. The Hall–Kier alpha value is -2.90. The molecule has 0 radical (unpaired) electrons. The Bertz CT molecular complexity index is 1190. The third kappa shape index (κ3) is 4.89. The molecule has 31 heavy (non-hydrogen) atoms. The smallest absolute Gasteiger partial charge is 0.363 e. The van der Waals surface area contributed by atoms with E-state index < -0.39 is 5.97 Å². The predicted molar refractivity (Wildman–Crippen MR) is 126 cm³/mol. The fraction of sp³-hybridized carbons (Fsp3) is 0.0833. The lowest BCUT2D eigenvalue weighted by atomic mass is 10.1. The zero-order valence-electron chi connectivity index (χ0n) is 16.5. The third-order valence-electron chi connectivity index (χ3n) is 4.54. The number of ether oxygens (including phenoxy) is 3. The van der Waals surface area contributed by atoms with Gasteiger partial charge < -0.3 is 14.2 Å². The average molecular weight is 543 g/mol. The second-order valence-electron chi connectivity index (χ2n) is 6.61. The second kappa shape index (κ2) is 9.49. The molecule has 0 atom stereocenters. The lowest BCUT2D eigenvalue weighted by Crippen LogP contribution is -2.06. The van der Waals surface area contributed by atoms with Crippen LogP contribution in [0.4, 0.5) is 0 Å². The van der Waals surface area contributed by atoms with Crippen molar-refractivity contribution in [1.29, 1.82) is 0 Å². The number of nitrogens with zero attached hydrogens (tertiary/aromatic N) is 1. The van der Waals surface area contributed by atoms with Crippen molar-refractivity contribution >= 4 is 49.8 Å². The number of benzene rings is 3. The van der Waals surface area contributed by atoms with Crippen LogP contribution >= 0.6 is 31.9 Å². The number of hydrogen-bond acceptors (Lipinski definition) is 5. The van der Waals surface area contributed by atoms with E-state index in [1.807, 2.05) is 66.7 Å². The van der Waals surface area contributed by atoms with Gasteiger partial charge in [0.2, 0.25) is 5.90 Å². The maximum atomic E-state index is 12.5. The molecule has 0 N–H and O–H groups in total. The van der Waals surface area contributed by atoms with Crippen LogP contribution < -0.4 is 9.47 Å². The number of para-hydroxylation sites is 1. The summed E-state index contributed by atoms with van der Waals surface area (Å²) >= 11 is 6.89. The zero-order valence-corrected chi connectivity index (χ0v) is 19.6. The van der Waals surface area contributed by atoms with Crippen LogP contribution in [-0.4, -0.2) is 19.0 Å². The fourth-order valence-corrected chi connectivity index (χ4v) is 3.72. The van der Waals surface area contributed by atoms with Crippen LogP contribution in [0, 0.1) is 0 Å². The maximum Gasteiger partial charge on any atom is 0.363 e. The Labute approximate surface area is 196 Å². The molecule has 0 fully saturated rings. The Morgan fingerprint density at radius 2 is 1.77 bits per heavy atom. The number of cyclic esters (lactones) is 1. The summed E-state index contributed by atoms with van der Waals surface area (Å²) in [6.45, 7) is 0.347. The first-order valence-corrected chi connectivity index (χ1v) is 11.0. The minimum absolute atomic E-state index is 0.187. The molecule has 0 aromatic heterocycles. The van der Waals surface area contributed by atoms with E-state index in [2.05, 4.69) is 36.9 Å². The van der Waals surface area contributed by atoms with Crippen molar-refractivity contribution in [2.75, 3.05) is 7.11 Å². The highest BCUT2D eigenvalue weighted by Gasteiger charge is 2.26. The van der Waals surface area contributed by atoms with Gasteiger partial charge in [0.15, 0.2) is 17.2 Å². The number of rotatable bonds is 6. The summed E-state index contributed by atoms with van der Waals surface area (Å²) in [6.07, 6.45) is 1.64. The molecule has 0 saturated heterocycles. The van der Waals surface area contributed by atoms with E-state index in [4.69, 9.17) is 14.2 Å². The van der Waals surface area contributed by atoms with Gasteiger partial charge in [0.25, 0.3) is 0 Å². The maximum absolute atomic E-state index is 12.5. The molecule has 0 unspecified atom stereocenters. The lowest BCUT2D eigenvalue weighted by Gasteiger charge is -2.13. The molecular weight excluding hydrogens is 526 g/mol. The highest BCUT2D eigenvalue weighted by atomic mass is 79.9. The molecule has 1 aliphatic heterocycles.